The molecule has 3 aromatic rings. The van der Waals surface area contributed by atoms with Crippen LogP contribution >= 0.6 is 11.3 Å². The van der Waals surface area contributed by atoms with Crippen molar-refractivity contribution in [2.45, 2.75) is 26.1 Å². The van der Waals surface area contributed by atoms with Gasteiger partial charge in [-0.15, -0.1) is 11.3 Å². The number of aromatic nitrogens is 1. The van der Waals surface area contributed by atoms with Crippen LogP contribution in [0.4, 0.5) is 0 Å². The van der Waals surface area contributed by atoms with Crippen molar-refractivity contribution in [1.82, 2.24) is 4.98 Å². The van der Waals surface area contributed by atoms with Crippen molar-refractivity contribution in [1.29, 1.82) is 0 Å². The van der Waals surface area contributed by atoms with Gasteiger partial charge in [-0.3, -0.25) is 0 Å². The molecule has 21 heavy (non-hydrogen) atoms. The summed E-state index contributed by atoms with van der Waals surface area (Å²) in [5.41, 5.74) is 1.84. The number of hydrogen-bond acceptors (Lipinski definition) is 4. The minimum atomic E-state index is -0.489. The first-order chi connectivity index (χ1) is 10.3. The Morgan fingerprint density at radius 1 is 1.14 bits per heavy atom. The van der Waals surface area contributed by atoms with Gasteiger partial charge in [0.1, 0.15) is 17.4 Å². The maximum Gasteiger partial charge on any atom is 0.140 e. The van der Waals surface area contributed by atoms with Crippen LogP contribution in [0.2, 0.25) is 0 Å². The maximum absolute atomic E-state index is 10.0. The summed E-state index contributed by atoms with van der Waals surface area (Å²) in [6.07, 6.45) is 0.179. The molecule has 3 rings (SSSR count). The van der Waals surface area contributed by atoms with E-state index in [2.05, 4.69) is 11.1 Å². The lowest BCUT2D eigenvalue weighted by Crippen LogP contribution is -2.02. The Kier molecular flexibility index (Phi) is 4.18. The molecule has 0 fully saturated rings. The molecule has 0 spiro atoms. The minimum Gasteiger partial charge on any atom is -0.486 e. The molecule has 3 nitrogen and oxygen atoms in total. The summed E-state index contributed by atoms with van der Waals surface area (Å²) in [4.78, 5) is 4.55. The lowest BCUT2D eigenvalue weighted by Gasteiger charge is -2.14. The lowest BCUT2D eigenvalue weighted by atomic mass is 10.1. The second-order valence-electron chi connectivity index (χ2n) is 4.83. The molecule has 0 saturated heterocycles. The molecule has 0 saturated carbocycles. The van der Waals surface area contributed by atoms with E-state index in [-0.39, 0.29) is 0 Å². The fourth-order valence-electron chi connectivity index (χ4n) is 2.23. The van der Waals surface area contributed by atoms with Crippen molar-refractivity contribution in [2.24, 2.45) is 0 Å². The Labute approximate surface area is 127 Å². The van der Waals surface area contributed by atoms with Crippen molar-refractivity contribution in [3.8, 4) is 5.75 Å². The van der Waals surface area contributed by atoms with E-state index in [1.807, 2.05) is 49.4 Å². The highest BCUT2D eigenvalue weighted by atomic mass is 32.1. The van der Waals surface area contributed by atoms with Crippen LogP contribution in [-0.4, -0.2) is 10.1 Å². The van der Waals surface area contributed by atoms with E-state index >= 15 is 0 Å². The number of rotatable bonds is 5. The Bertz CT molecular complexity index is 705. The molecule has 1 N–H and O–H groups in total. The van der Waals surface area contributed by atoms with Crippen molar-refractivity contribution in [2.75, 3.05) is 0 Å². The fraction of sp³-hybridized carbons (Fsp3) is 0.235. The van der Waals surface area contributed by atoms with Gasteiger partial charge in [0.15, 0.2) is 0 Å². The standard InChI is InChI=1S/C17H17NO2S/c1-2-14(19)12-7-3-5-9-15(12)20-11-17-18-13-8-4-6-10-16(13)21-17/h3-10,14,19H,2,11H2,1H3. The topological polar surface area (TPSA) is 42.4 Å². The van der Waals surface area contributed by atoms with Gasteiger partial charge in [-0.05, 0) is 24.6 Å². The van der Waals surface area contributed by atoms with Crippen molar-refractivity contribution in [3.05, 3.63) is 59.1 Å². The Morgan fingerprint density at radius 2 is 1.90 bits per heavy atom. The molecule has 1 aromatic heterocycles. The molecule has 4 heteroatoms. The second-order valence-corrected chi connectivity index (χ2v) is 5.94. The minimum absolute atomic E-state index is 0.423. The van der Waals surface area contributed by atoms with E-state index in [1.165, 1.54) is 0 Å². The van der Waals surface area contributed by atoms with Crippen LogP contribution in [0.25, 0.3) is 10.2 Å². The third kappa shape index (κ3) is 3.06. The first kappa shape index (κ1) is 14.0. The average molecular weight is 299 g/mol. The summed E-state index contributed by atoms with van der Waals surface area (Å²) >= 11 is 1.64. The van der Waals surface area contributed by atoms with Crippen molar-refractivity contribution >= 4 is 21.6 Å². The molecule has 0 aliphatic rings. The van der Waals surface area contributed by atoms with Crippen LogP contribution in [0.5, 0.6) is 5.75 Å². The summed E-state index contributed by atoms with van der Waals surface area (Å²) in [6, 6.07) is 15.7. The van der Waals surface area contributed by atoms with Crippen LogP contribution in [0.15, 0.2) is 48.5 Å². The van der Waals surface area contributed by atoms with Crippen LogP contribution in [0.1, 0.15) is 30.0 Å². The van der Waals surface area contributed by atoms with E-state index < -0.39 is 6.10 Å². The Balaban J connectivity index is 1.78. The van der Waals surface area contributed by atoms with Gasteiger partial charge in [0, 0.05) is 5.56 Å². The summed E-state index contributed by atoms with van der Waals surface area (Å²) < 4.78 is 7.03. The first-order valence-electron chi connectivity index (χ1n) is 7.02. The highest BCUT2D eigenvalue weighted by Gasteiger charge is 2.12. The molecule has 0 amide bonds. The van der Waals surface area contributed by atoms with E-state index in [0.29, 0.717) is 13.0 Å². The SMILES string of the molecule is CCC(O)c1ccccc1OCc1nc2ccccc2s1. The van der Waals surface area contributed by atoms with Crippen LogP contribution in [-0.2, 0) is 6.61 Å². The van der Waals surface area contributed by atoms with Gasteiger partial charge in [0.05, 0.1) is 16.3 Å². The first-order valence-corrected chi connectivity index (χ1v) is 7.84. The average Bonchev–Trinajstić information content (AvgIpc) is 2.95. The summed E-state index contributed by atoms with van der Waals surface area (Å²) in [6.45, 7) is 2.38. The molecular formula is C17H17NO2S. The van der Waals surface area contributed by atoms with Crippen molar-refractivity contribution in [3.63, 3.8) is 0 Å². The molecule has 0 aliphatic carbocycles. The summed E-state index contributed by atoms with van der Waals surface area (Å²) in [5.74, 6) is 0.728. The quantitative estimate of drug-likeness (QED) is 0.763. The van der Waals surface area contributed by atoms with E-state index in [1.54, 1.807) is 11.3 Å². The number of aliphatic hydroxyl groups is 1. The lowest BCUT2D eigenvalue weighted by molar-refractivity contribution is 0.166. The number of thiazole rings is 1. The third-order valence-electron chi connectivity index (χ3n) is 3.35. The Morgan fingerprint density at radius 3 is 2.71 bits per heavy atom. The number of fused-ring (bicyclic) bond motifs is 1. The highest BCUT2D eigenvalue weighted by molar-refractivity contribution is 7.18. The highest BCUT2D eigenvalue weighted by Crippen LogP contribution is 2.28. The summed E-state index contributed by atoms with van der Waals surface area (Å²) in [7, 11) is 0. The van der Waals surface area contributed by atoms with E-state index in [0.717, 1.165) is 26.5 Å². The molecule has 0 aliphatic heterocycles. The largest absolute Gasteiger partial charge is 0.486 e. The van der Waals surface area contributed by atoms with Gasteiger partial charge in [0.25, 0.3) is 0 Å². The second kappa shape index (κ2) is 6.24. The molecule has 1 unspecified atom stereocenters. The predicted molar refractivity (Wildman–Crippen MR) is 85.6 cm³/mol. The summed E-state index contributed by atoms with van der Waals surface area (Å²) in [5, 5.41) is 11.0. The van der Waals surface area contributed by atoms with Gasteiger partial charge in [0.2, 0.25) is 0 Å². The number of ether oxygens (including phenoxy) is 1. The Hall–Kier alpha value is -1.91. The van der Waals surface area contributed by atoms with Crippen molar-refractivity contribution < 1.29 is 9.84 Å². The molecular weight excluding hydrogens is 282 g/mol. The maximum atomic E-state index is 10.0. The third-order valence-corrected chi connectivity index (χ3v) is 4.36. The predicted octanol–water partition coefficient (Wildman–Crippen LogP) is 4.32. The molecule has 2 aromatic carbocycles. The smallest absolute Gasteiger partial charge is 0.140 e. The van der Waals surface area contributed by atoms with Gasteiger partial charge < -0.3 is 9.84 Å². The molecule has 1 heterocycles. The normalized spacial score (nSPS) is 12.5. The van der Waals surface area contributed by atoms with Crippen LogP contribution in [0.3, 0.4) is 0 Å². The number of para-hydroxylation sites is 2. The zero-order chi connectivity index (χ0) is 14.7. The van der Waals surface area contributed by atoms with E-state index in [4.69, 9.17) is 4.74 Å². The van der Waals surface area contributed by atoms with E-state index in [9.17, 15) is 5.11 Å². The number of benzene rings is 2. The number of aliphatic hydroxyl groups excluding tert-OH is 1. The molecule has 108 valence electrons. The monoisotopic (exact) mass is 299 g/mol. The number of nitrogens with zero attached hydrogens (tertiary/aromatic N) is 1. The van der Waals surface area contributed by atoms with Gasteiger partial charge in [-0.2, -0.15) is 0 Å². The fourth-order valence-corrected chi connectivity index (χ4v) is 3.11. The molecule has 0 radical (unpaired) electrons. The number of hydrogen-bond donors (Lipinski definition) is 1. The van der Waals surface area contributed by atoms with Crippen LogP contribution < -0.4 is 4.74 Å². The molecule has 1 atom stereocenters. The van der Waals surface area contributed by atoms with Gasteiger partial charge in [-0.25, -0.2) is 4.98 Å². The zero-order valence-electron chi connectivity index (χ0n) is 11.8. The molecule has 0 bridgehead atoms. The van der Waals surface area contributed by atoms with Gasteiger partial charge in [-0.1, -0.05) is 37.3 Å². The van der Waals surface area contributed by atoms with Crippen LogP contribution in [0, 0.1) is 0 Å². The van der Waals surface area contributed by atoms with Gasteiger partial charge >= 0.3 is 0 Å². The zero-order valence-corrected chi connectivity index (χ0v) is 12.6.